The van der Waals surface area contributed by atoms with Gasteiger partial charge < -0.3 is 4.90 Å². The van der Waals surface area contributed by atoms with Crippen LogP contribution in [0.5, 0.6) is 0 Å². The summed E-state index contributed by atoms with van der Waals surface area (Å²) in [4.78, 5) is 2.21. The third kappa shape index (κ3) is 4.41. The molecule has 0 aromatic heterocycles. The van der Waals surface area contributed by atoms with Crippen LogP contribution in [0, 0.1) is 22.7 Å². The normalized spacial score (nSPS) is 10.4. The molecule has 0 N–H and O–H groups in total. The molecule has 0 spiro atoms. The molecule has 0 atom stereocenters. The van der Waals surface area contributed by atoms with Crippen molar-refractivity contribution in [2.75, 3.05) is 19.3 Å². The van der Waals surface area contributed by atoms with Crippen molar-refractivity contribution < 1.29 is 0 Å². The Balaban J connectivity index is 3.44. The number of benzene rings is 1. The lowest BCUT2D eigenvalue weighted by Gasteiger charge is -2.23. The van der Waals surface area contributed by atoms with Gasteiger partial charge in [-0.3, -0.25) is 0 Å². The number of hydrogen-bond acceptors (Lipinski definition) is 4. The van der Waals surface area contributed by atoms with Gasteiger partial charge in [0.05, 0.1) is 5.03 Å². The molecule has 1 aromatic rings. The van der Waals surface area contributed by atoms with E-state index in [2.05, 4.69) is 18.7 Å². The van der Waals surface area contributed by atoms with Crippen LogP contribution in [0.3, 0.4) is 0 Å². The van der Waals surface area contributed by atoms with Crippen LogP contribution < -0.4 is 0 Å². The van der Waals surface area contributed by atoms with E-state index in [4.69, 9.17) is 0 Å². The van der Waals surface area contributed by atoms with E-state index in [9.17, 15) is 10.5 Å². The zero-order chi connectivity index (χ0) is 15.7. The van der Waals surface area contributed by atoms with Crippen LogP contribution in [0.25, 0.3) is 5.57 Å². The van der Waals surface area contributed by atoms with E-state index in [1.807, 2.05) is 54.8 Å². The van der Waals surface area contributed by atoms with Crippen molar-refractivity contribution in [1.29, 1.82) is 10.5 Å². The third-order valence-corrected chi connectivity index (χ3v) is 3.92. The SMILES string of the molecule is CCN(CC)/C(=C\C(=C(C#N)C#N)c1ccccc1)SC. The highest BCUT2D eigenvalue weighted by Gasteiger charge is 2.11. The van der Waals surface area contributed by atoms with Crippen LogP contribution in [0.2, 0.25) is 0 Å². The molecular weight excluding hydrogens is 278 g/mol. The molecule has 1 rings (SSSR count). The molecule has 21 heavy (non-hydrogen) atoms. The molecule has 0 saturated carbocycles. The lowest BCUT2D eigenvalue weighted by atomic mass is 10.0. The summed E-state index contributed by atoms with van der Waals surface area (Å²) in [6, 6.07) is 13.6. The molecule has 0 unspecified atom stereocenters. The second-order valence-electron chi connectivity index (χ2n) is 4.24. The van der Waals surface area contributed by atoms with Gasteiger partial charge in [-0.25, -0.2) is 0 Å². The Morgan fingerprint density at radius 2 is 1.71 bits per heavy atom. The van der Waals surface area contributed by atoms with E-state index in [1.165, 1.54) is 0 Å². The van der Waals surface area contributed by atoms with Gasteiger partial charge in [-0.15, -0.1) is 11.8 Å². The Kier molecular flexibility index (Phi) is 7.15. The van der Waals surface area contributed by atoms with Gasteiger partial charge in [0.25, 0.3) is 0 Å². The monoisotopic (exact) mass is 297 g/mol. The van der Waals surface area contributed by atoms with Crippen LogP contribution in [0.1, 0.15) is 19.4 Å². The first-order valence-electron chi connectivity index (χ1n) is 6.82. The highest BCUT2D eigenvalue weighted by molar-refractivity contribution is 8.02. The van der Waals surface area contributed by atoms with E-state index in [0.29, 0.717) is 5.57 Å². The van der Waals surface area contributed by atoms with E-state index >= 15 is 0 Å². The minimum Gasteiger partial charge on any atom is -0.367 e. The van der Waals surface area contributed by atoms with Crippen LogP contribution >= 0.6 is 11.8 Å². The Labute approximate surface area is 131 Å². The Morgan fingerprint density at radius 3 is 2.14 bits per heavy atom. The highest BCUT2D eigenvalue weighted by atomic mass is 32.2. The summed E-state index contributed by atoms with van der Waals surface area (Å²) in [5, 5.41) is 19.5. The second kappa shape index (κ2) is 8.89. The molecule has 0 heterocycles. The van der Waals surface area contributed by atoms with E-state index in [-0.39, 0.29) is 5.57 Å². The van der Waals surface area contributed by atoms with Crippen molar-refractivity contribution in [3.05, 3.63) is 52.6 Å². The predicted octanol–water partition coefficient (Wildman–Crippen LogP) is 4.03. The quantitative estimate of drug-likeness (QED) is 0.587. The van der Waals surface area contributed by atoms with E-state index < -0.39 is 0 Å². The number of allylic oxidation sites excluding steroid dienone is 3. The van der Waals surface area contributed by atoms with Crippen molar-refractivity contribution >= 4 is 17.3 Å². The maximum atomic E-state index is 9.22. The summed E-state index contributed by atoms with van der Waals surface area (Å²) in [7, 11) is 0. The average Bonchev–Trinajstić information content (AvgIpc) is 2.55. The summed E-state index contributed by atoms with van der Waals surface area (Å²) < 4.78 is 0. The maximum absolute atomic E-state index is 9.22. The molecule has 0 aliphatic rings. The Bertz CT molecular complexity index is 583. The molecule has 108 valence electrons. The van der Waals surface area contributed by atoms with Crippen molar-refractivity contribution in [1.82, 2.24) is 4.90 Å². The number of rotatable bonds is 6. The molecule has 1 aromatic carbocycles. The van der Waals surface area contributed by atoms with Crippen molar-refractivity contribution in [3.8, 4) is 12.1 Å². The van der Waals surface area contributed by atoms with Crippen LogP contribution in [0.4, 0.5) is 0 Å². The molecule has 4 heteroatoms. The molecule has 0 amide bonds. The summed E-state index contributed by atoms with van der Waals surface area (Å²) in [6.45, 7) is 5.96. The molecule has 0 aliphatic carbocycles. The summed E-state index contributed by atoms with van der Waals surface area (Å²) in [5.74, 6) is 0. The van der Waals surface area contributed by atoms with Gasteiger partial charge in [-0.2, -0.15) is 10.5 Å². The first-order chi connectivity index (χ1) is 10.2. The van der Waals surface area contributed by atoms with Gasteiger partial charge >= 0.3 is 0 Å². The highest BCUT2D eigenvalue weighted by Crippen LogP contribution is 2.26. The van der Waals surface area contributed by atoms with Crippen molar-refractivity contribution in [2.24, 2.45) is 0 Å². The first kappa shape index (κ1) is 16.9. The fourth-order valence-corrected chi connectivity index (χ4v) is 2.75. The van der Waals surface area contributed by atoms with Gasteiger partial charge in [0.2, 0.25) is 0 Å². The van der Waals surface area contributed by atoms with Gasteiger partial charge in [0.1, 0.15) is 17.7 Å². The summed E-state index contributed by atoms with van der Waals surface area (Å²) >= 11 is 1.62. The second-order valence-corrected chi connectivity index (χ2v) is 5.06. The first-order valence-corrected chi connectivity index (χ1v) is 8.04. The molecule has 3 nitrogen and oxygen atoms in total. The van der Waals surface area contributed by atoms with Crippen molar-refractivity contribution in [2.45, 2.75) is 13.8 Å². The third-order valence-electron chi connectivity index (χ3n) is 3.13. The average molecular weight is 297 g/mol. The minimum atomic E-state index is 0.139. The standard InChI is InChI=1S/C17H19N3S/c1-4-20(5-2)17(21-3)11-16(15(12-18)13-19)14-9-7-6-8-10-14/h6-11H,4-5H2,1-3H3/b17-11+. The van der Waals surface area contributed by atoms with Crippen LogP contribution in [-0.4, -0.2) is 24.2 Å². The topological polar surface area (TPSA) is 50.8 Å². The molecule has 0 aliphatic heterocycles. The van der Waals surface area contributed by atoms with Crippen LogP contribution in [0.15, 0.2) is 47.0 Å². The number of nitriles is 2. The lowest BCUT2D eigenvalue weighted by molar-refractivity contribution is 0.409. The van der Waals surface area contributed by atoms with E-state index in [1.54, 1.807) is 11.8 Å². The molecule has 0 fully saturated rings. The number of thioether (sulfide) groups is 1. The summed E-state index contributed by atoms with van der Waals surface area (Å²) in [5.41, 5.74) is 1.70. The Morgan fingerprint density at radius 1 is 1.14 bits per heavy atom. The van der Waals surface area contributed by atoms with E-state index in [0.717, 1.165) is 23.7 Å². The molecule has 0 saturated heterocycles. The molecular formula is C17H19N3S. The minimum absolute atomic E-state index is 0.139. The zero-order valence-electron chi connectivity index (χ0n) is 12.6. The zero-order valence-corrected chi connectivity index (χ0v) is 13.4. The van der Waals surface area contributed by atoms with Crippen molar-refractivity contribution in [3.63, 3.8) is 0 Å². The van der Waals surface area contributed by atoms with Gasteiger partial charge in [-0.05, 0) is 31.7 Å². The maximum Gasteiger partial charge on any atom is 0.137 e. The van der Waals surface area contributed by atoms with Gasteiger partial charge in [-0.1, -0.05) is 30.3 Å². The Hall–Kier alpha value is -2.17. The van der Waals surface area contributed by atoms with Gasteiger partial charge in [0.15, 0.2) is 0 Å². The largest absolute Gasteiger partial charge is 0.367 e. The fourth-order valence-electron chi connectivity index (χ4n) is 2.00. The van der Waals surface area contributed by atoms with Gasteiger partial charge in [0, 0.05) is 18.7 Å². The lowest BCUT2D eigenvalue weighted by Crippen LogP contribution is -2.20. The molecule has 0 bridgehead atoms. The smallest absolute Gasteiger partial charge is 0.137 e. The summed E-state index contributed by atoms with van der Waals surface area (Å²) in [6.07, 6.45) is 3.94. The molecule has 0 radical (unpaired) electrons. The van der Waals surface area contributed by atoms with Crippen LogP contribution in [-0.2, 0) is 0 Å². The predicted molar refractivity (Wildman–Crippen MR) is 89.1 cm³/mol. The number of hydrogen-bond donors (Lipinski definition) is 0. The number of nitrogens with zero attached hydrogens (tertiary/aromatic N) is 3. The fraction of sp³-hybridized carbons (Fsp3) is 0.294.